The van der Waals surface area contributed by atoms with Crippen molar-refractivity contribution < 1.29 is 62.3 Å². The molecule has 2 nitrogen and oxygen atoms in total. The van der Waals surface area contributed by atoms with E-state index in [1.807, 2.05) is 6.92 Å². The van der Waals surface area contributed by atoms with Gasteiger partial charge in [-0.2, -0.15) is 0 Å². The Morgan fingerprint density at radius 2 is 2.43 bits per heavy atom. The Kier molecular flexibility index (Phi) is 16.3. The van der Waals surface area contributed by atoms with Crippen LogP contribution in [-0.2, 0) is 9.53 Å². The third-order valence-corrected chi connectivity index (χ3v) is 0.390. The summed E-state index contributed by atoms with van der Waals surface area (Å²) in [4.78, 5) is 9.44. The van der Waals surface area contributed by atoms with Crippen LogP contribution < -0.4 is 51.4 Å². The van der Waals surface area contributed by atoms with E-state index in [-0.39, 0.29) is 59.4 Å². The fourth-order valence-corrected chi connectivity index (χ4v) is 0.166. The summed E-state index contributed by atoms with van der Waals surface area (Å²) in [7, 11) is 0. The van der Waals surface area contributed by atoms with E-state index in [0.717, 1.165) is 6.29 Å². The molecule has 0 aliphatic heterocycles. The molecule has 0 saturated carbocycles. The minimum Gasteiger partial charge on any atom is -1.00 e. The molecule has 0 rings (SSSR count). The maximum atomic E-state index is 9.44. The average molecular weight is 128 g/mol. The molecule has 0 unspecified atom stereocenters. The molecule has 0 aliphatic rings. The first-order valence-corrected chi connectivity index (χ1v) is 1.93. The van der Waals surface area contributed by atoms with E-state index >= 15 is 0 Å². The Hall–Kier alpha value is 1.27. The standard InChI is InChI=1S/C4H8O2.K.H/c1-2-6-4-3-5;;/h3H,2,4H2,1H3;;/q;+1;-1. The van der Waals surface area contributed by atoms with Crippen LogP contribution in [-0.4, -0.2) is 19.5 Å². The van der Waals surface area contributed by atoms with Crippen LogP contribution >= 0.6 is 0 Å². The third-order valence-electron chi connectivity index (χ3n) is 0.390. The summed E-state index contributed by atoms with van der Waals surface area (Å²) >= 11 is 0. The van der Waals surface area contributed by atoms with Gasteiger partial charge in [-0.25, -0.2) is 0 Å². The SMILES string of the molecule is CCOCC=O.[H-].[K+]. The molecule has 0 amide bonds. The van der Waals surface area contributed by atoms with Gasteiger partial charge in [0.05, 0.1) is 0 Å². The summed E-state index contributed by atoms with van der Waals surface area (Å²) in [6.45, 7) is 2.71. The van der Waals surface area contributed by atoms with Gasteiger partial charge in [-0.1, -0.05) is 0 Å². The fourth-order valence-electron chi connectivity index (χ4n) is 0.166. The molecular weight excluding hydrogens is 119 g/mol. The maximum Gasteiger partial charge on any atom is 1.00 e. The van der Waals surface area contributed by atoms with Gasteiger partial charge in [0.15, 0.2) is 0 Å². The van der Waals surface area contributed by atoms with Gasteiger partial charge in [-0.3, -0.25) is 0 Å². The summed E-state index contributed by atoms with van der Waals surface area (Å²) in [5, 5.41) is 0. The van der Waals surface area contributed by atoms with Crippen molar-refractivity contribution in [3.63, 3.8) is 0 Å². The molecule has 7 heavy (non-hydrogen) atoms. The first-order chi connectivity index (χ1) is 2.91. The Labute approximate surface area is 87.5 Å². The topological polar surface area (TPSA) is 26.3 Å². The first kappa shape index (κ1) is 11.1. The van der Waals surface area contributed by atoms with Crippen LogP contribution in [0.3, 0.4) is 0 Å². The van der Waals surface area contributed by atoms with Crippen LogP contribution in [0.5, 0.6) is 0 Å². The van der Waals surface area contributed by atoms with E-state index in [9.17, 15) is 4.79 Å². The molecule has 0 saturated heterocycles. The van der Waals surface area contributed by atoms with Crippen LogP contribution in [0.2, 0.25) is 0 Å². The normalized spacial score (nSPS) is 7.00. The number of carbonyl (C=O) groups excluding carboxylic acids is 1. The van der Waals surface area contributed by atoms with Crippen molar-refractivity contribution in [1.82, 2.24) is 0 Å². The Morgan fingerprint density at radius 3 is 2.57 bits per heavy atom. The molecule has 0 heterocycles. The van der Waals surface area contributed by atoms with Crippen molar-refractivity contribution in [1.29, 1.82) is 0 Å². The predicted molar refractivity (Wildman–Crippen MR) is 23.7 cm³/mol. The van der Waals surface area contributed by atoms with E-state index in [2.05, 4.69) is 4.74 Å². The number of rotatable bonds is 3. The van der Waals surface area contributed by atoms with Crippen LogP contribution in [0.15, 0.2) is 0 Å². The summed E-state index contributed by atoms with van der Waals surface area (Å²) in [6.07, 6.45) is 0.740. The van der Waals surface area contributed by atoms with Crippen LogP contribution in [0, 0.1) is 0 Å². The van der Waals surface area contributed by atoms with Gasteiger partial charge in [0.1, 0.15) is 12.9 Å². The molecule has 0 aliphatic carbocycles. The minimum atomic E-state index is 0. The number of ether oxygens (including phenoxy) is 1. The second-order valence-electron chi connectivity index (χ2n) is 0.826. The van der Waals surface area contributed by atoms with Gasteiger partial charge in [-0.05, 0) is 6.92 Å². The third kappa shape index (κ3) is 11.1. The van der Waals surface area contributed by atoms with Crippen molar-refractivity contribution >= 4 is 6.29 Å². The molecule has 0 aromatic carbocycles. The van der Waals surface area contributed by atoms with E-state index in [1.165, 1.54) is 0 Å². The van der Waals surface area contributed by atoms with E-state index in [4.69, 9.17) is 0 Å². The van der Waals surface area contributed by atoms with Crippen molar-refractivity contribution in [3.8, 4) is 0 Å². The molecule has 0 N–H and O–H groups in total. The van der Waals surface area contributed by atoms with Crippen molar-refractivity contribution in [2.24, 2.45) is 0 Å². The van der Waals surface area contributed by atoms with Gasteiger partial charge >= 0.3 is 51.4 Å². The molecule has 0 fully saturated rings. The maximum absolute atomic E-state index is 9.44. The predicted octanol–water partition coefficient (Wildman–Crippen LogP) is -2.66. The second kappa shape index (κ2) is 10.3. The van der Waals surface area contributed by atoms with E-state index < -0.39 is 0 Å². The van der Waals surface area contributed by atoms with Crippen LogP contribution in [0.25, 0.3) is 0 Å². The van der Waals surface area contributed by atoms with E-state index in [1.54, 1.807) is 0 Å². The molecule has 0 aromatic heterocycles. The molecule has 0 aromatic rings. The fraction of sp³-hybridized carbons (Fsp3) is 0.750. The van der Waals surface area contributed by atoms with Gasteiger partial charge in [0, 0.05) is 6.61 Å². The summed E-state index contributed by atoms with van der Waals surface area (Å²) < 4.78 is 4.61. The van der Waals surface area contributed by atoms with Crippen molar-refractivity contribution in [2.75, 3.05) is 13.2 Å². The number of carbonyl (C=O) groups is 1. The molecular formula is C4H9KO2. The number of hydrogen-bond acceptors (Lipinski definition) is 2. The van der Waals surface area contributed by atoms with Gasteiger partial charge in [0.2, 0.25) is 0 Å². The Balaban J connectivity index is -0.000000125. The molecule has 3 heteroatoms. The zero-order chi connectivity index (χ0) is 4.83. The quantitative estimate of drug-likeness (QED) is 0.235. The smallest absolute Gasteiger partial charge is 1.00 e. The van der Waals surface area contributed by atoms with Crippen molar-refractivity contribution in [3.05, 3.63) is 0 Å². The zero-order valence-electron chi connectivity index (χ0n) is 5.81. The second-order valence-corrected chi connectivity index (χ2v) is 0.826. The molecule has 0 atom stereocenters. The van der Waals surface area contributed by atoms with Crippen LogP contribution in [0.1, 0.15) is 8.35 Å². The number of hydrogen-bond donors (Lipinski definition) is 0. The molecule has 0 bridgehead atoms. The summed E-state index contributed by atoms with van der Waals surface area (Å²) in [5.41, 5.74) is 0. The van der Waals surface area contributed by atoms with Gasteiger partial charge in [0.25, 0.3) is 0 Å². The van der Waals surface area contributed by atoms with Gasteiger partial charge < -0.3 is 11.0 Å². The van der Waals surface area contributed by atoms with Crippen LogP contribution in [0.4, 0.5) is 0 Å². The first-order valence-electron chi connectivity index (χ1n) is 1.93. The average Bonchev–Trinajstić information content (AvgIpc) is 1.61. The van der Waals surface area contributed by atoms with Crippen molar-refractivity contribution in [2.45, 2.75) is 6.92 Å². The zero-order valence-corrected chi connectivity index (χ0v) is 7.93. The monoisotopic (exact) mass is 128 g/mol. The molecule has 38 valence electrons. The summed E-state index contributed by atoms with van der Waals surface area (Å²) in [5.74, 6) is 0. The minimum absolute atomic E-state index is 0. The number of aldehydes is 1. The molecule has 0 radical (unpaired) electrons. The molecule has 0 spiro atoms. The summed E-state index contributed by atoms with van der Waals surface area (Å²) in [6, 6.07) is 0. The largest absolute Gasteiger partial charge is 1.00 e. The van der Waals surface area contributed by atoms with Gasteiger partial charge in [-0.15, -0.1) is 0 Å². The Morgan fingerprint density at radius 1 is 1.86 bits per heavy atom. The Bertz CT molecular complexity index is 43.0. The van der Waals surface area contributed by atoms with E-state index in [0.29, 0.717) is 6.61 Å².